The van der Waals surface area contributed by atoms with E-state index in [4.69, 9.17) is 9.47 Å². The predicted molar refractivity (Wildman–Crippen MR) is 139 cm³/mol. The van der Waals surface area contributed by atoms with Crippen LogP contribution < -0.4 is 9.47 Å². The largest absolute Gasteiger partial charge is 0.494 e. The van der Waals surface area contributed by atoms with Crippen LogP contribution in [0.3, 0.4) is 0 Å². The number of hydrogen-bond donors (Lipinski definition) is 1. The molecule has 0 saturated carbocycles. The third-order valence-electron chi connectivity index (χ3n) is 5.74. The van der Waals surface area contributed by atoms with Crippen molar-refractivity contribution in [3.63, 3.8) is 0 Å². The monoisotopic (exact) mass is 458 g/mol. The Hall–Kier alpha value is -3.53. The zero-order valence-electron chi connectivity index (χ0n) is 20.0. The molecule has 0 aromatic heterocycles. The highest BCUT2D eigenvalue weighted by molar-refractivity contribution is 5.96. The van der Waals surface area contributed by atoms with E-state index in [1.54, 1.807) is 24.3 Å². The van der Waals surface area contributed by atoms with Gasteiger partial charge in [0.1, 0.15) is 18.1 Å². The van der Waals surface area contributed by atoms with Crippen molar-refractivity contribution in [3.05, 3.63) is 84.9 Å². The van der Waals surface area contributed by atoms with Crippen molar-refractivity contribution in [2.45, 2.75) is 45.4 Å². The van der Waals surface area contributed by atoms with Crippen LogP contribution in [0.4, 0.5) is 0 Å². The van der Waals surface area contributed by atoms with E-state index >= 15 is 0 Å². The van der Waals surface area contributed by atoms with Crippen LogP contribution in [0.1, 0.15) is 55.8 Å². The van der Waals surface area contributed by atoms with E-state index in [-0.39, 0.29) is 5.56 Å². The fourth-order valence-corrected chi connectivity index (χ4v) is 3.85. The lowest BCUT2D eigenvalue weighted by Crippen LogP contribution is -2.01. The van der Waals surface area contributed by atoms with Gasteiger partial charge in [-0.1, -0.05) is 88.1 Å². The lowest BCUT2D eigenvalue weighted by Gasteiger charge is -2.11. The molecule has 4 heteroatoms. The first kappa shape index (κ1) is 25.1. The number of benzene rings is 3. The Labute approximate surface area is 202 Å². The normalized spacial score (nSPS) is 10.6. The molecule has 0 heterocycles. The van der Waals surface area contributed by atoms with Crippen molar-refractivity contribution in [2.75, 3.05) is 13.2 Å². The lowest BCUT2D eigenvalue weighted by molar-refractivity contribution is 0.0697. The molecule has 0 fully saturated rings. The summed E-state index contributed by atoms with van der Waals surface area (Å²) >= 11 is 0. The van der Waals surface area contributed by atoms with Crippen molar-refractivity contribution < 1.29 is 19.4 Å². The third kappa shape index (κ3) is 7.24. The molecular weight excluding hydrogens is 424 g/mol. The first-order valence-corrected chi connectivity index (χ1v) is 12.1. The molecule has 0 aliphatic carbocycles. The zero-order valence-corrected chi connectivity index (χ0v) is 20.0. The molecule has 4 nitrogen and oxygen atoms in total. The van der Waals surface area contributed by atoms with Gasteiger partial charge in [-0.15, -0.1) is 0 Å². The fourth-order valence-electron chi connectivity index (χ4n) is 3.85. The molecule has 0 unspecified atom stereocenters. The van der Waals surface area contributed by atoms with E-state index in [2.05, 4.69) is 25.6 Å². The molecule has 178 valence electrons. The Morgan fingerprint density at radius 2 is 1.38 bits per heavy atom. The lowest BCUT2D eigenvalue weighted by atomic mass is 9.96. The average molecular weight is 459 g/mol. The second-order valence-electron chi connectivity index (χ2n) is 8.33. The summed E-state index contributed by atoms with van der Waals surface area (Å²) in [6.07, 6.45) is 9.16. The number of ether oxygens (including phenoxy) is 2. The number of aromatic carboxylic acids is 1. The quantitative estimate of drug-likeness (QED) is 0.196. The number of rotatable bonds is 14. The molecule has 34 heavy (non-hydrogen) atoms. The van der Waals surface area contributed by atoms with E-state index in [1.807, 2.05) is 36.4 Å². The zero-order chi connectivity index (χ0) is 24.2. The molecule has 3 aromatic rings. The second-order valence-corrected chi connectivity index (χ2v) is 8.33. The smallest absolute Gasteiger partial charge is 0.336 e. The standard InChI is InChI=1S/C30H34O4/c1-3-5-6-7-8-9-21-34-26-16-14-24(15-17-26)23-10-12-25(13-11-23)29-22-27(33-20-4-2)18-19-28(29)30(31)32/h4,10-19,22H,2-3,5-9,20-21H2,1H3,(H,31,32). The minimum Gasteiger partial charge on any atom is -0.494 e. The van der Waals surface area contributed by atoms with E-state index in [0.717, 1.165) is 35.5 Å². The highest BCUT2D eigenvalue weighted by Gasteiger charge is 2.13. The number of hydrogen-bond acceptors (Lipinski definition) is 3. The molecule has 1 N–H and O–H groups in total. The summed E-state index contributed by atoms with van der Waals surface area (Å²) in [5.74, 6) is 0.530. The Morgan fingerprint density at radius 1 is 0.794 bits per heavy atom. The van der Waals surface area contributed by atoms with Gasteiger partial charge in [-0.2, -0.15) is 0 Å². The van der Waals surface area contributed by atoms with Crippen LogP contribution in [-0.4, -0.2) is 24.3 Å². The molecule has 0 bridgehead atoms. The van der Waals surface area contributed by atoms with E-state index in [9.17, 15) is 9.90 Å². The Balaban J connectivity index is 1.64. The van der Waals surface area contributed by atoms with Gasteiger partial charge in [-0.3, -0.25) is 0 Å². The molecule has 0 aliphatic heterocycles. The van der Waals surface area contributed by atoms with Crippen molar-refractivity contribution in [2.24, 2.45) is 0 Å². The number of unbranched alkanes of at least 4 members (excludes halogenated alkanes) is 5. The van der Waals surface area contributed by atoms with Crippen LogP contribution in [0.25, 0.3) is 22.3 Å². The topological polar surface area (TPSA) is 55.8 Å². The van der Waals surface area contributed by atoms with Crippen LogP contribution in [0.5, 0.6) is 11.5 Å². The number of carbonyl (C=O) groups is 1. The summed E-state index contributed by atoms with van der Waals surface area (Å²) in [4.78, 5) is 11.7. The molecule has 0 atom stereocenters. The van der Waals surface area contributed by atoms with Gasteiger partial charge in [0.05, 0.1) is 12.2 Å². The first-order valence-electron chi connectivity index (χ1n) is 12.1. The number of carboxylic acids is 1. The summed E-state index contributed by atoms with van der Waals surface area (Å²) in [5, 5.41) is 9.61. The van der Waals surface area contributed by atoms with Crippen molar-refractivity contribution in [1.29, 1.82) is 0 Å². The van der Waals surface area contributed by atoms with Crippen LogP contribution in [0.15, 0.2) is 79.4 Å². The Bertz CT molecular complexity index is 1050. The maximum absolute atomic E-state index is 11.7. The molecule has 3 rings (SSSR count). The van der Waals surface area contributed by atoms with Crippen molar-refractivity contribution in [1.82, 2.24) is 0 Å². The van der Waals surface area contributed by atoms with Crippen LogP contribution >= 0.6 is 0 Å². The van der Waals surface area contributed by atoms with Gasteiger partial charge >= 0.3 is 5.97 Å². The molecule has 0 saturated heterocycles. The van der Waals surface area contributed by atoms with E-state index in [1.165, 1.54) is 32.1 Å². The molecule has 0 amide bonds. The first-order chi connectivity index (χ1) is 16.6. The third-order valence-corrected chi connectivity index (χ3v) is 5.74. The molecular formula is C30H34O4. The predicted octanol–water partition coefficient (Wildman–Crippen LogP) is 8.02. The van der Waals surface area contributed by atoms with Crippen molar-refractivity contribution in [3.8, 4) is 33.8 Å². The SMILES string of the molecule is C=CCOc1ccc(C(=O)O)c(-c2ccc(-c3ccc(OCCCCCCCC)cc3)cc2)c1. The summed E-state index contributed by atoms with van der Waals surface area (Å²) in [7, 11) is 0. The molecule has 0 radical (unpaired) electrons. The van der Waals surface area contributed by atoms with Gasteiger partial charge in [0.25, 0.3) is 0 Å². The van der Waals surface area contributed by atoms with E-state index in [0.29, 0.717) is 17.9 Å². The van der Waals surface area contributed by atoms with Gasteiger partial charge in [-0.05, 0) is 59.0 Å². The fraction of sp³-hybridized carbons (Fsp3) is 0.300. The Kier molecular flexibility index (Phi) is 9.78. The average Bonchev–Trinajstić information content (AvgIpc) is 2.87. The summed E-state index contributed by atoms with van der Waals surface area (Å²) in [6.45, 7) is 7.00. The minimum absolute atomic E-state index is 0.241. The summed E-state index contributed by atoms with van der Waals surface area (Å²) < 4.78 is 11.5. The van der Waals surface area contributed by atoms with Gasteiger partial charge < -0.3 is 14.6 Å². The highest BCUT2D eigenvalue weighted by Crippen LogP contribution is 2.31. The summed E-state index contributed by atoms with van der Waals surface area (Å²) in [6, 6.07) is 21.0. The Morgan fingerprint density at radius 3 is 2.03 bits per heavy atom. The minimum atomic E-state index is -0.967. The molecule has 0 spiro atoms. The van der Waals surface area contributed by atoms with Crippen LogP contribution in [0.2, 0.25) is 0 Å². The second kappa shape index (κ2) is 13.2. The maximum Gasteiger partial charge on any atom is 0.336 e. The molecule has 0 aliphatic rings. The van der Waals surface area contributed by atoms with Gasteiger partial charge in [0.15, 0.2) is 0 Å². The molecule has 3 aromatic carbocycles. The summed E-state index contributed by atoms with van der Waals surface area (Å²) in [5.41, 5.74) is 3.83. The van der Waals surface area contributed by atoms with Crippen LogP contribution in [-0.2, 0) is 0 Å². The highest BCUT2D eigenvalue weighted by atomic mass is 16.5. The maximum atomic E-state index is 11.7. The van der Waals surface area contributed by atoms with Gasteiger partial charge in [0.2, 0.25) is 0 Å². The van der Waals surface area contributed by atoms with Gasteiger partial charge in [0, 0.05) is 0 Å². The van der Waals surface area contributed by atoms with Gasteiger partial charge in [-0.25, -0.2) is 4.79 Å². The van der Waals surface area contributed by atoms with E-state index < -0.39 is 5.97 Å². The van der Waals surface area contributed by atoms with Crippen LogP contribution in [0, 0.1) is 0 Å². The number of carboxylic acid groups (broad SMARTS) is 1. The van der Waals surface area contributed by atoms with Crippen molar-refractivity contribution >= 4 is 5.97 Å².